The number of nitrogens with one attached hydrogen (secondary N) is 1. The molecule has 2 aromatic heterocycles. The van der Waals surface area contributed by atoms with E-state index in [1.165, 1.54) is 23.0 Å². The van der Waals surface area contributed by atoms with Crippen molar-refractivity contribution in [3.8, 4) is 5.69 Å². The van der Waals surface area contributed by atoms with Crippen molar-refractivity contribution in [3.05, 3.63) is 63.9 Å². The van der Waals surface area contributed by atoms with Gasteiger partial charge >= 0.3 is 0 Å². The van der Waals surface area contributed by atoms with Crippen LogP contribution in [-0.2, 0) is 4.74 Å². The zero-order valence-corrected chi connectivity index (χ0v) is 18.7. The molecule has 11 heteroatoms. The summed E-state index contributed by atoms with van der Waals surface area (Å²) in [4.78, 5) is 14.6. The van der Waals surface area contributed by atoms with E-state index in [4.69, 9.17) is 16.3 Å². The van der Waals surface area contributed by atoms with E-state index < -0.39 is 17.2 Å². The summed E-state index contributed by atoms with van der Waals surface area (Å²) in [7, 11) is 0. The van der Waals surface area contributed by atoms with E-state index in [0.29, 0.717) is 37.5 Å². The highest BCUT2D eigenvalue weighted by atomic mass is 35.5. The van der Waals surface area contributed by atoms with Crippen LogP contribution in [-0.4, -0.2) is 51.9 Å². The Bertz CT molecular complexity index is 1150. The quantitative estimate of drug-likeness (QED) is 0.553. The third kappa shape index (κ3) is 5.12. The minimum atomic E-state index is -1.51. The molecule has 174 valence electrons. The summed E-state index contributed by atoms with van der Waals surface area (Å²) in [5, 5.41) is 14.3. The van der Waals surface area contributed by atoms with Crippen LogP contribution in [0.15, 0.2) is 47.4 Å². The first kappa shape index (κ1) is 23.1. The summed E-state index contributed by atoms with van der Waals surface area (Å²) < 4.78 is 34.2. The minimum Gasteiger partial charge on any atom is -0.379 e. The maximum absolute atomic E-state index is 14.7. The molecule has 1 fully saturated rings. The van der Waals surface area contributed by atoms with Gasteiger partial charge in [-0.15, -0.1) is 10.2 Å². The highest BCUT2D eigenvalue weighted by Crippen LogP contribution is 2.26. The van der Waals surface area contributed by atoms with Gasteiger partial charge in [0.2, 0.25) is 5.95 Å². The molecule has 1 aliphatic rings. The Kier molecular flexibility index (Phi) is 6.85. The topological polar surface area (TPSA) is 85.2 Å². The number of ether oxygens (including phenoxy) is 1. The molecule has 1 aliphatic heterocycles. The highest BCUT2D eigenvalue weighted by Gasteiger charge is 2.32. The predicted octanol–water partition coefficient (Wildman–Crippen LogP) is 3.90. The van der Waals surface area contributed by atoms with Crippen molar-refractivity contribution in [1.82, 2.24) is 20.0 Å². The highest BCUT2D eigenvalue weighted by molar-refractivity contribution is 6.32. The zero-order valence-electron chi connectivity index (χ0n) is 18.0. The van der Waals surface area contributed by atoms with Crippen LogP contribution in [0.25, 0.3) is 5.69 Å². The summed E-state index contributed by atoms with van der Waals surface area (Å²) >= 11 is 6.26. The number of alkyl halides is 1. The summed E-state index contributed by atoms with van der Waals surface area (Å²) in [5.74, 6) is -0.159. The Hall–Kier alpha value is -3.11. The van der Waals surface area contributed by atoms with Crippen molar-refractivity contribution < 1.29 is 13.5 Å². The van der Waals surface area contributed by atoms with E-state index >= 15 is 0 Å². The summed E-state index contributed by atoms with van der Waals surface area (Å²) in [6, 6.07) is 9.78. The van der Waals surface area contributed by atoms with Gasteiger partial charge in [0.15, 0.2) is 11.5 Å². The number of aromatic nitrogens is 4. The van der Waals surface area contributed by atoms with Gasteiger partial charge in [-0.05, 0) is 56.2 Å². The molecule has 0 saturated carbocycles. The van der Waals surface area contributed by atoms with E-state index in [0.717, 1.165) is 5.69 Å². The predicted molar refractivity (Wildman–Crippen MR) is 122 cm³/mol. The molecule has 0 spiro atoms. The Morgan fingerprint density at radius 2 is 2.03 bits per heavy atom. The van der Waals surface area contributed by atoms with Crippen LogP contribution in [0.2, 0.25) is 5.02 Å². The van der Waals surface area contributed by atoms with Crippen molar-refractivity contribution >= 4 is 28.8 Å². The lowest BCUT2D eigenvalue weighted by molar-refractivity contribution is -0.0234. The molecular weight excluding hydrogens is 454 g/mol. The van der Waals surface area contributed by atoms with Crippen LogP contribution in [0.1, 0.15) is 19.8 Å². The summed E-state index contributed by atoms with van der Waals surface area (Å²) in [6.07, 6.45) is 2.43. The lowest BCUT2D eigenvalue weighted by Gasteiger charge is -2.29. The van der Waals surface area contributed by atoms with Gasteiger partial charge in [-0.2, -0.15) is 14.2 Å². The lowest BCUT2D eigenvalue weighted by Crippen LogP contribution is -2.40. The van der Waals surface area contributed by atoms with Crippen molar-refractivity contribution in [2.24, 2.45) is 0 Å². The third-order valence-electron chi connectivity index (χ3n) is 5.41. The molecule has 1 atom stereocenters. The second-order valence-corrected chi connectivity index (χ2v) is 8.10. The SMILES string of the molecule is CCN(c1ccc(-n2ncc(NC[C@@]3(F)CCCOC3)c(Cl)c2=O)cc1)c1ccc(F)nn1. The average molecular weight is 477 g/mol. The number of hydrogen-bond donors (Lipinski definition) is 1. The smallest absolute Gasteiger partial charge is 0.292 e. The number of rotatable bonds is 7. The monoisotopic (exact) mass is 476 g/mol. The number of benzene rings is 1. The van der Waals surface area contributed by atoms with E-state index in [1.54, 1.807) is 24.3 Å². The normalized spacial score (nSPS) is 18.2. The first-order valence-corrected chi connectivity index (χ1v) is 10.9. The molecule has 1 aromatic carbocycles. The molecule has 0 unspecified atom stereocenters. The largest absolute Gasteiger partial charge is 0.379 e. The molecule has 0 aliphatic carbocycles. The molecule has 0 amide bonds. The van der Waals surface area contributed by atoms with Gasteiger partial charge in [-0.3, -0.25) is 4.79 Å². The molecule has 1 saturated heterocycles. The van der Waals surface area contributed by atoms with Crippen molar-refractivity contribution in [1.29, 1.82) is 0 Å². The molecule has 3 heterocycles. The fraction of sp³-hybridized carbons (Fsp3) is 0.364. The van der Waals surface area contributed by atoms with Gasteiger partial charge in [0.05, 0.1) is 30.7 Å². The standard InChI is InChI=1S/C22H23ClF2N6O2/c1-2-30(19-9-8-18(24)28-29-19)15-4-6-16(7-5-15)31-21(32)20(23)17(12-27-31)26-13-22(25)10-3-11-33-14-22/h4-9,12,26H,2-3,10-11,13-14H2,1H3/t22-/m0/s1. The van der Waals surface area contributed by atoms with E-state index in [9.17, 15) is 13.6 Å². The fourth-order valence-electron chi connectivity index (χ4n) is 3.65. The molecule has 1 N–H and O–H groups in total. The average Bonchev–Trinajstić information content (AvgIpc) is 2.83. The van der Waals surface area contributed by atoms with Crippen LogP contribution in [0.4, 0.5) is 26.0 Å². The second-order valence-electron chi connectivity index (χ2n) is 7.72. The van der Waals surface area contributed by atoms with Crippen LogP contribution in [0, 0.1) is 5.95 Å². The van der Waals surface area contributed by atoms with E-state index in [1.807, 2.05) is 11.8 Å². The Morgan fingerprint density at radius 1 is 1.24 bits per heavy atom. The van der Waals surface area contributed by atoms with Crippen LogP contribution in [0.3, 0.4) is 0 Å². The van der Waals surface area contributed by atoms with Crippen LogP contribution < -0.4 is 15.8 Å². The van der Waals surface area contributed by atoms with Crippen LogP contribution >= 0.6 is 11.6 Å². The van der Waals surface area contributed by atoms with E-state index in [2.05, 4.69) is 20.6 Å². The van der Waals surface area contributed by atoms with Crippen LogP contribution in [0.5, 0.6) is 0 Å². The molecule has 33 heavy (non-hydrogen) atoms. The maximum Gasteiger partial charge on any atom is 0.292 e. The third-order valence-corrected chi connectivity index (χ3v) is 5.77. The number of anilines is 3. The molecule has 0 radical (unpaired) electrons. The van der Waals surface area contributed by atoms with Gasteiger partial charge in [0.25, 0.3) is 5.56 Å². The van der Waals surface area contributed by atoms with Gasteiger partial charge in [0.1, 0.15) is 5.02 Å². The van der Waals surface area contributed by atoms with Gasteiger partial charge in [0, 0.05) is 18.8 Å². The second kappa shape index (κ2) is 9.80. The Morgan fingerprint density at radius 3 is 2.67 bits per heavy atom. The molecule has 4 rings (SSSR count). The zero-order chi connectivity index (χ0) is 23.4. The number of nitrogens with zero attached hydrogens (tertiary/aromatic N) is 5. The molecular formula is C22H23ClF2N6O2. The Labute approximate surface area is 194 Å². The van der Waals surface area contributed by atoms with Gasteiger partial charge < -0.3 is 15.0 Å². The van der Waals surface area contributed by atoms with Crippen molar-refractivity contribution in [3.63, 3.8) is 0 Å². The molecule has 8 nitrogen and oxygen atoms in total. The molecule has 0 bridgehead atoms. The summed E-state index contributed by atoms with van der Waals surface area (Å²) in [6.45, 7) is 3.04. The lowest BCUT2D eigenvalue weighted by atomic mass is 9.99. The number of hydrogen-bond acceptors (Lipinski definition) is 7. The van der Waals surface area contributed by atoms with Crippen molar-refractivity contribution in [2.45, 2.75) is 25.4 Å². The molecule has 3 aromatic rings. The first-order chi connectivity index (χ1) is 15.9. The Balaban J connectivity index is 1.52. The van der Waals surface area contributed by atoms with Gasteiger partial charge in [-0.1, -0.05) is 11.6 Å². The summed E-state index contributed by atoms with van der Waals surface area (Å²) in [5.41, 5.74) is -0.487. The van der Waals surface area contributed by atoms with Crippen molar-refractivity contribution in [2.75, 3.05) is 36.5 Å². The maximum atomic E-state index is 14.7. The van der Waals surface area contributed by atoms with E-state index in [-0.39, 0.29) is 23.9 Å². The number of halogens is 3. The first-order valence-electron chi connectivity index (χ1n) is 10.6. The van der Waals surface area contributed by atoms with Gasteiger partial charge in [-0.25, -0.2) is 4.39 Å². The minimum absolute atomic E-state index is 0.00669. The fourth-order valence-corrected chi connectivity index (χ4v) is 3.85.